The number of amides is 1. The monoisotopic (exact) mass is 456 g/mol. The molecule has 0 fully saturated rings. The molecule has 0 aliphatic heterocycles. The van der Waals surface area contributed by atoms with Crippen molar-refractivity contribution in [2.75, 3.05) is 24.3 Å². The summed E-state index contributed by atoms with van der Waals surface area (Å²) in [5.41, 5.74) is 3.96. The first kappa shape index (κ1) is 23.0. The summed E-state index contributed by atoms with van der Waals surface area (Å²) in [4.78, 5) is 16.7. The molecule has 4 aromatic rings. The number of anilines is 2. The van der Waals surface area contributed by atoms with Crippen molar-refractivity contribution in [3.8, 4) is 17.1 Å². The van der Waals surface area contributed by atoms with E-state index in [0.29, 0.717) is 31.0 Å². The second kappa shape index (κ2) is 11.7. The standard InChI is InChI=1S/C27H28N4O3/c1-33-24-16-10-21(11-17-24)27-30-26(34-31-27)9-5-8-25(32)29-23-14-12-22(13-15-23)28-19-18-20-6-3-2-4-7-20/h2-4,6-7,10-17,28H,5,8-9,18-19H2,1H3,(H,29,32). The molecular formula is C27H28N4O3. The molecule has 0 saturated heterocycles. The Bertz CT molecular complexity index is 1170. The summed E-state index contributed by atoms with van der Waals surface area (Å²) < 4.78 is 10.5. The Morgan fingerprint density at radius 2 is 1.65 bits per heavy atom. The average Bonchev–Trinajstić information content (AvgIpc) is 3.35. The molecule has 34 heavy (non-hydrogen) atoms. The maximum Gasteiger partial charge on any atom is 0.226 e. The molecule has 0 bridgehead atoms. The quantitative estimate of drug-likeness (QED) is 0.316. The molecule has 2 N–H and O–H groups in total. The van der Waals surface area contributed by atoms with E-state index in [0.717, 1.165) is 35.7 Å². The lowest BCUT2D eigenvalue weighted by molar-refractivity contribution is -0.116. The molecule has 4 rings (SSSR count). The number of benzene rings is 3. The lowest BCUT2D eigenvalue weighted by Crippen LogP contribution is -2.11. The maximum absolute atomic E-state index is 12.3. The Morgan fingerprint density at radius 3 is 2.38 bits per heavy atom. The third-order valence-corrected chi connectivity index (χ3v) is 5.37. The normalized spacial score (nSPS) is 10.6. The molecule has 0 aliphatic carbocycles. The van der Waals surface area contributed by atoms with Crippen LogP contribution >= 0.6 is 0 Å². The number of ether oxygens (including phenoxy) is 1. The number of hydrogen-bond donors (Lipinski definition) is 2. The first-order chi connectivity index (χ1) is 16.7. The maximum atomic E-state index is 12.3. The molecule has 0 aliphatic rings. The Kier molecular flexibility index (Phi) is 7.90. The van der Waals surface area contributed by atoms with Crippen LogP contribution in [0.5, 0.6) is 5.75 Å². The molecule has 3 aromatic carbocycles. The van der Waals surface area contributed by atoms with E-state index >= 15 is 0 Å². The van der Waals surface area contributed by atoms with E-state index in [4.69, 9.17) is 9.26 Å². The van der Waals surface area contributed by atoms with E-state index in [-0.39, 0.29) is 5.91 Å². The molecule has 1 aromatic heterocycles. The highest BCUT2D eigenvalue weighted by Crippen LogP contribution is 2.20. The molecule has 1 amide bonds. The molecule has 0 spiro atoms. The number of aryl methyl sites for hydroxylation is 1. The number of nitrogens with zero attached hydrogens (tertiary/aromatic N) is 2. The van der Waals surface area contributed by atoms with Crippen LogP contribution in [0.25, 0.3) is 11.4 Å². The number of rotatable bonds is 11. The van der Waals surface area contributed by atoms with E-state index < -0.39 is 0 Å². The summed E-state index contributed by atoms with van der Waals surface area (Å²) >= 11 is 0. The number of methoxy groups -OCH3 is 1. The molecule has 0 unspecified atom stereocenters. The summed E-state index contributed by atoms with van der Waals surface area (Å²) in [6, 6.07) is 25.6. The Labute approximate surface area is 199 Å². The van der Waals surface area contributed by atoms with Crippen molar-refractivity contribution in [3.63, 3.8) is 0 Å². The van der Waals surface area contributed by atoms with Crippen LogP contribution in [0.4, 0.5) is 11.4 Å². The number of nitrogens with one attached hydrogen (secondary N) is 2. The lowest BCUT2D eigenvalue weighted by Gasteiger charge is -2.09. The molecule has 0 radical (unpaired) electrons. The lowest BCUT2D eigenvalue weighted by atomic mass is 10.1. The van der Waals surface area contributed by atoms with Crippen molar-refractivity contribution in [2.24, 2.45) is 0 Å². The molecule has 0 atom stereocenters. The van der Waals surface area contributed by atoms with Gasteiger partial charge in [-0.3, -0.25) is 4.79 Å². The average molecular weight is 457 g/mol. The highest BCUT2D eigenvalue weighted by molar-refractivity contribution is 5.90. The third-order valence-electron chi connectivity index (χ3n) is 5.37. The minimum atomic E-state index is -0.0420. The van der Waals surface area contributed by atoms with Gasteiger partial charge in [-0.1, -0.05) is 35.5 Å². The van der Waals surface area contributed by atoms with Crippen LogP contribution < -0.4 is 15.4 Å². The predicted octanol–water partition coefficient (Wildman–Crippen LogP) is 5.36. The highest BCUT2D eigenvalue weighted by Gasteiger charge is 2.10. The molecule has 7 nitrogen and oxygen atoms in total. The van der Waals surface area contributed by atoms with Crippen LogP contribution in [0.15, 0.2) is 83.4 Å². The molecular weight excluding hydrogens is 428 g/mol. The van der Waals surface area contributed by atoms with Crippen LogP contribution in [-0.2, 0) is 17.6 Å². The van der Waals surface area contributed by atoms with E-state index in [1.165, 1.54) is 5.56 Å². The van der Waals surface area contributed by atoms with Crippen molar-refractivity contribution < 1.29 is 14.1 Å². The summed E-state index contributed by atoms with van der Waals surface area (Å²) in [5, 5.41) is 10.4. The van der Waals surface area contributed by atoms with E-state index in [1.807, 2.05) is 54.6 Å². The Morgan fingerprint density at radius 1 is 0.912 bits per heavy atom. The van der Waals surface area contributed by atoms with Crippen molar-refractivity contribution in [1.82, 2.24) is 10.1 Å². The van der Waals surface area contributed by atoms with Crippen LogP contribution in [0.2, 0.25) is 0 Å². The van der Waals surface area contributed by atoms with Crippen LogP contribution in [0, 0.1) is 0 Å². The third kappa shape index (κ3) is 6.68. The van der Waals surface area contributed by atoms with E-state index in [9.17, 15) is 4.79 Å². The summed E-state index contributed by atoms with van der Waals surface area (Å²) in [6.07, 6.45) is 2.49. The van der Waals surface area contributed by atoms with Gasteiger partial charge in [-0.05, 0) is 66.9 Å². The molecule has 174 valence electrons. The number of carbonyl (C=O) groups is 1. The fraction of sp³-hybridized carbons (Fsp3) is 0.222. The zero-order valence-electron chi connectivity index (χ0n) is 19.2. The largest absolute Gasteiger partial charge is 0.497 e. The van der Waals surface area contributed by atoms with Crippen molar-refractivity contribution in [3.05, 3.63) is 90.3 Å². The van der Waals surface area contributed by atoms with Crippen molar-refractivity contribution in [2.45, 2.75) is 25.7 Å². The molecule has 1 heterocycles. The van der Waals surface area contributed by atoms with Crippen molar-refractivity contribution in [1.29, 1.82) is 0 Å². The predicted molar refractivity (Wildman–Crippen MR) is 133 cm³/mol. The van der Waals surface area contributed by atoms with Gasteiger partial charge < -0.3 is 19.9 Å². The summed E-state index contributed by atoms with van der Waals surface area (Å²) in [6.45, 7) is 0.853. The second-order valence-electron chi connectivity index (χ2n) is 7.88. The van der Waals surface area contributed by atoms with Gasteiger partial charge in [0.05, 0.1) is 7.11 Å². The van der Waals surface area contributed by atoms with Gasteiger partial charge in [0, 0.05) is 36.3 Å². The zero-order chi connectivity index (χ0) is 23.6. The van der Waals surface area contributed by atoms with E-state index in [2.05, 4.69) is 45.0 Å². The van der Waals surface area contributed by atoms with Gasteiger partial charge in [0.15, 0.2) is 0 Å². The van der Waals surface area contributed by atoms with Gasteiger partial charge in [0.1, 0.15) is 5.75 Å². The minimum absolute atomic E-state index is 0.0420. The first-order valence-electron chi connectivity index (χ1n) is 11.3. The smallest absolute Gasteiger partial charge is 0.226 e. The van der Waals surface area contributed by atoms with Gasteiger partial charge in [-0.15, -0.1) is 0 Å². The van der Waals surface area contributed by atoms with Crippen LogP contribution in [0.3, 0.4) is 0 Å². The SMILES string of the molecule is COc1ccc(-c2noc(CCCC(=O)Nc3ccc(NCCc4ccccc4)cc3)n2)cc1. The first-order valence-corrected chi connectivity index (χ1v) is 11.3. The van der Waals surface area contributed by atoms with Gasteiger partial charge in [-0.25, -0.2) is 0 Å². The second-order valence-corrected chi connectivity index (χ2v) is 7.88. The summed E-state index contributed by atoms with van der Waals surface area (Å²) in [5.74, 6) is 1.77. The van der Waals surface area contributed by atoms with Gasteiger partial charge in [0.25, 0.3) is 0 Å². The van der Waals surface area contributed by atoms with Gasteiger partial charge in [0.2, 0.25) is 17.6 Å². The highest BCUT2D eigenvalue weighted by atomic mass is 16.5. The zero-order valence-corrected chi connectivity index (χ0v) is 19.2. The Hall–Kier alpha value is -4.13. The number of aromatic nitrogens is 2. The van der Waals surface area contributed by atoms with Crippen LogP contribution in [-0.4, -0.2) is 29.7 Å². The molecule has 0 saturated carbocycles. The van der Waals surface area contributed by atoms with Crippen LogP contribution in [0.1, 0.15) is 24.3 Å². The topological polar surface area (TPSA) is 89.3 Å². The fourth-order valence-corrected chi connectivity index (χ4v) is 3.50. The number of carbonyl (C=O) groups excluding carboxylic acids is 1. The number of hydrogen-bond acceptors (Lipinski definition) is 6. The van der Waals surface area contributed by atoms with Crippen molar-refractivity contribution >= 4 is 17.3 Å². The van der Waals surface area contributed by atoms with Gasteiger partial charge >= 0.3 is 0 Å². The minimum Gasteiger partial charge on any atom is -0.497 e. The molecule has 7 heteroatoms. The Balaban J connectivity index is 1.17. The van der Waals surface area contributed by atoms with E-state index in [1.54, 1.807) is 7.11 Å². The summed E-state index contributed by atoms with van der Waals surface area (Å²) in [7, 11) is 1.62. The fourth-order valence-electron chi connectivity index (χ4n) is 3.50. The van der Waals surface area contributed by atoms with Gasteiger partial charge in [-0.2, -0.15) is 4.98 Å².